The van der Waals surface area contributed by atoms with Crippen LogP contribution in [0.2, 0.25) is 0 Å². The Morgan fingerprint density at radius 1 is 0.853 bits per heavy atom. The van der Waals surface area contributed by atoms with Gasteiger partial charge in [-0.3, -0.25) is 9.69 Å². The fraction of sp³-hybridized carbons (Fsp3) is 0.345. The standard InChI is InChI=1S/C29H33N3O2/c33-28(22-34-21-23-10-4-1-5-11-23)31-16-17-32-26(20-31)18-30-19-27(32)29(24-12-6-2-7-13-24)25-14-8-3-9-15-25/h1-15,26-27,29-30H,16-22H2/t26-,27+/m1/s1. The lowest BCUT2D eigenvalue weighted by Gasteiger charge is -2.50. The van der Waals surface area contributed by atoms with E-state index in [0.29, 0.717) is 18.7 Å². The maximum atomic E-state index is 12.9. The molecule has 5 heteroatoms. The van der Waals surface area contributed by atoms with Gasteiger partial charge in [0.2, 0.25) is 5.91 Å². The quantitative estimate of drug-likeness (QED) is 0.592. The van der Waals surface area contributed by atoms with Gasteiger partial charge in [-0.1, -0.05) is 91.0 Å². The van der Waals surface area contributed by atoms with Crippen molar-refractivity contribution in [3.63, 3.8) is 0 Å². The Hall–Kier alpha value is -2.99. The molecule has 2 heterocycles. The molecule has 2 aliphatic heterocycles. The topological polar surface area (TPSA) is 44.8 Å². The monoisotopic (exact) mass is 455 g/mol. The highest BCUT2D eigenvalue weighted by molar-refractivity contribution is 5.77. The smallest absolute Gasteiger partial charge is 0.248 e. The molecule has 2 aliphatic rings. The van der Waals surface area contributed by atoms with E-state index in [4.69, 9.17) is 4.74 Å². The molecular weight excluding hydrogens is 422 g/mol. The highest BCUT2D eigenvalue weighted by atomic mass is 16.5. The molecule has 0 saturated carbocycles. The van der Waals surface area contributed by atoms with Gasteiger partial charge in [-0.2, -0.15) is 0 Å². The van der Waals surface area contributed by atoms with Gasteiger partial charge in [0.1, 0.15) is 6.61 Å². The van der Waals surface area contributed by atoms with Gasteiger partial charge in [-0.05, 0) is 16.7 Å². The Balaban J connectivity index is 1.26. The van der Waals surface area contributed by atoms with E-state index in [1.165, 1.54) is 11.1 Å². The number of rotatable bonds is 7. The van der Waals surface area contributed by atoms with E-state index in [-0.39, 0.29) is 18.4 Å². The van der Waals surface area contributed by atoms with Crippen LogP contribution in [0.15, 0.2) is 91.0 Å². The molecule has 0 bridgehead atoms. The second-order valence-corrected chi connectivity index (χ2v) is 9.23. The van der Waals surface area contributed by atoms with E-state index >= 15 is 0 Å². The number of carbonyl (C=O) groups is 1. The molecule has 1 amide bonds. The van der Waals surface area contributed by atoms with Crippen LogP contribution in [0.5, 0.6) is 0 Å². The van der Waals surface area contributed by atoms with Gasteiger partial charge in [0.15, 0.2) is 0 Å². The molecule has 34 heavy (non-hydrogen) atoms. The summed E-state index contributed by atoms with van der Waals surface area (Å²) in [7, 11) is 0. The van der Waals surface area contributed by atoms with Crippen molar-refractivity contribution >= 4 is 5.91 Å². The van der Waals surface area contributed by atoms with Crippen LogP contribution in [-0.2, 0) is 16.1 Å². The van der Waals surface area contributed by atoms with E-state index in [2.05, 4.69) is 70.9 Å². The van der Waals surface area contributed by atoms with Crippen molar-refractivity contribution in [1.82, 2.24) is 15.1 Å². The molecule has 1 N–H and O–H groups in total. The third-order valence-corrected chi connectivity index (χ3v) is 7.08. The van der Waals surface area contributed by atoms with Crippen molar-refractivity contribution in [3.05, 3.63) is 108 Å². The van der Waals surface area contributed by atoms with E-state index < -0.39 is 0 Å². The summed E-state index contributed by atoms with van der Waals surface area (Å²) in [6, 6.07) is 32.3. The molecule has 0 radical (unpaired) electrons. The number of nitrogens with zero attached hydrogens (tertiary/aromatic N) is 2. The first-order valence-corrected chi connectivity index (χ1v) is 12.3. The Morgan fingerprint density at radius 2 is 1.47 bits per heavy atom. The Kier molecular flexibility index (Phi) is 7.34. The lowest BCUT2D eigenvalue weighted by molar-refractivity contribution is -0.140. The zero-order chi connectivity index (χ0) is 23.2. The van der Waals surface area contributed by atoms with Crippen molar-refractivity contribution < 1.29 is 9.53 Å². The summed E-state index contributed by atoms with van der Waals surface area (Å²) < 4.78 is 5.73. The third-order valence-electron chi connectivity index (χ3n) is 7.08. The number of fused-ring (bicyclic) bond motifs is 1. The molecular formula is C29H33N3O2. The molecule has 176 valence electrons. The van der Waals surface area contributed by atoms with Gasteiger partial charge < -0.3 is 15.0 Å². The summed E-state index contributed by atoms with van der Waals surface area (Å²) in [5, 5.41) is 3.67. The lowest BCUT2D eigenvalue weighted by atomic mass is 9.82. The molecule has 2 saturated heterocycles. The molecule has 5 rings (SSSR count). The Bertz CT molecular complexity index is 1010. The molecule has 2 atom stereocenters. The first kappa shape index (κ1) is 22.8. The summed E-state index contributed by atoms with van der Waals surface area (Å²) in [6.45, 7) is 4.83. The summed E-state index contributed by atoms with van der Waals surface area (Å²) >= 11 is 0. The molecule has 2 fully saturated rings. The fourth-order valence-electron chi connectivity index (χ4n) is 5.42. The fourth-order valence-corrected chi connectivity index (χ4v) is 5.42. The molecule has 0 aliphatic carbocycles. The number of hydrogen-bond acceptors (Lipinski definition) is 4. The van der Waals surface area contributed by atoms with Gasteiger partial charge in [0.25, 0.3) is 0 Å². The number of amides is 1. The second kappa shape index (κ2) is 11.0. The summed E-state index contributed by atoms with van der Waals surface area (Å²) in [5.41, 5.74) is 3.77. The SMILES string of the molecule is O=C(COCc1ccccc1)N1CCN2[C@H](CNC[C@H]2C(c2ccccc2)c2ccccc2)C1. The van der Waals surface area contributed by atoms with Crippen molar-refractivity contribution in [3.8, 4) is 0 Å². The highest BCUT2D eigenvalue weighted by Crippen LogP contribution is 2.33. The van der Waals surface area contributed by atoms with E-state index in [1.807, 2.05) is 35.2 Å². The first-order valence-electron chi connectivity index (χ1n) is 12.3. The average molecular weight is 456 g/mol. The summed E-state index contributed by atoms with van der Waals surface area (Å²) in [6.07, 6.45) is 0. The van der Waals surface area contributed by atoms with Crippen LogP contribution in [0.25, 0.3) is 0 Å². The zero-order valence-corrected chi connectivity index (χ0v) is 19.6. The van der Waals surface area contributed by atoms with Crippen LogP contribution >= 0.6 is 0 Å². The van der Waals surface area contributed by atoms with Crippen LogP contribution in [0.1, 0.15) is 22.6 Å². The third kappa shape index (κ3) is 5.22. The number of hydrogen-bond donors (Lipinski definition) is 1. The number of carbonyl (C=O) groups excluding carboxylic acids is 1. The Morgan fingerprint density at radius 3 is 2.12 bits per heavy atom. The lowest BCUT2D eigenvalue weighted by Crippen LogP contribution is -2.67. The molecule has 0 spiro atoms. The van der Waals surface area contributed by atoms with Crippen molar-refractivity contribution in [1.29, 1.82) is 0 Å². The largest absolute Gasteiger partial charge is 0.367 e. The van der Waals surface area contributed by atoms with Crippen LogP contribution < -0.4 is 5.32 Å². The maximum Gasteiger partial charge on any atom is 0.248 e. The second-order valence-electron chi connectivity index (χ2n) is 9.23. The van der Waals surface area contributed by atoms with Crippen LogP contribution in [0.4, 0.5) is 0 Å². The van der Waals surface area contributed by atoms with Crippen molar-refractivity contribution in [2.75, 3.05) is 39.3 Å². The predicted octanol–water partition coefficient (Wildman–Crippen LogP) is 3.52. The maximum absolute atomic E-state index is 12.9. The van der Waals surface area contributed by atoms with E-state index in [0.717, 1.165) is 38.3 Å². The van der Waals surface area contributed by atoms with Gasteiger partial charge in [0, 0.05) is 50.7 Å². The normalized spacial score (nSPS) is 20.8. The van der Waals surface area contributed by atoms with Crippen LogP contribution in [0, 0.1) is 0 Å². The molecule has 3 aromatic rings. The summed E-state index contributed by atoms with van der Waals surface area (Å²) in [4.78, 5) is 17.5. The molecule has 3 aromatic carbocycles. The van der Waals surface area contributed by atoms with Gasteiger partial charge in [-0.15, -0.1) is 0 Å². The minimum Gasteiger partial charge on any atom is -0.367 e. The minimum atomic E-state index is 0.0837. The number of ether oxygens (including phenoxy) is 1. The van der Waals surface area contributed by atoms with Gasteiger partial charge in [0.05, 0.1) is 6.61 Å². The molecule has 5 nitrogen and oxygen atoms in total. The number of piperazine rings is 2. The van der Waals surface area contributed by atoms with Crippen LogP contribution in [-0.4, -0.2) is 67.1 Å². The number of nitrogens with one attached hydrogen (secondary N) is 1. The first-order chi connectivity index (χ1) is 16.8. The highest BCUT2D eigenvalue weighted by Gasteiger charge is 2.40. The predicted molar refractivity (Wildman–Crippen MR) is 135 cm³/mol. The summed E-state index contributed by atoms with van der Waals surface area (Å²) in [5.74, 6) is 0.370. The average Bonchev–Trinajstić information content (AvgIpc) is 2.90. The van der Waals surface area contributed by atoms with E-state index in [9.17, 15) is 4.79 Å². The van der Waals surface area contributed by atoms with Crippen molar-refractivity contribution in [2.45, 2.75) is 24.6 Å². The van der Waals surface area contributed by atoms with Crippen LogP contribution in [0.3, 0.4) is 0 Å². The molecule has 0 aromatic heterocycles. The van der Waals surface area contributed by atoms with Crippen molar-refractivity contribution in [2.24, 2.45) is 0 Å². The molecule has 0 unspecified atom stereocenters. The zero-order valence-electron chi connectivity index (χ0n) is 19.6. The Labute approximate surface area is 202 Å². The minimum absolute atomic E-state index is 0.0837. The van der Waals surface area contributed by atoms with E-state index in [1.54, 1.807) is 0 Å². The van der Waals surface area contributed by atoms with Gasteiger partial charge >= 0.3 is 0 Å². The van der Waals surface area contributed by atoms with Gasteiger partial charge in [-0.25, -0.2) is 0 Å². The number of benzene rings is 3.